The molecule has 0 aromatic heterocycles. The Balaban J connectivity index is -0.000000193. The largest absolute Gasteiger partial charge is 0.502 e. The fourth-order valence-electron chi connectivity index (χ4n) is 6.69. The minimum Gasteiger partial charge on any atom is -0.502 e. The summed E-state index contributed by atoms with van der Waals surface area (Å²) in [6.45, 7) is 58.1. The Labute approximate surface area is 599 Å². The molecule has 552 valence electrons. The topological polar surface area (TPSA) is 189 Å². The quantitative estimate of drug-likeness (QED) is 0.00791. The van der Waals surface area contributed by atoms with Gasteiger partial charge in [0.25, 0.3) is 17.7 Å². The van der Waals surface area contributed by atoms with E-state index >= 15 is 0 Å². The predicted octanol–water partition coefficient (Wildman–Crippen LogP) is 20.6. The van der Waals surface area contributed by atoms with Gasteiger partial charge in [-0.2, -0.15) is 0 Å². The molecule has 2 heterocycles. The van der Waals surface area contributed by atoms with Gasteiger partial charge in [-0.15, -0.1) is 13.2 Å². The molecule has 0 N–H and O–H groups in total. The number of carbonyl (C=O) groups excluding carboxylic acids is 8. The first-order chi connectivity index (χ1) is 47.8. The first-order valence-electron chi connectivity index (χ1n) is 34.9. The molecule has 0 bridgehead atoms. The molecule has 3 amide bonds. The Kier molecular flexibility index (Phi) is 86.5. The predicted molar refractivity (Wildman–Crippen MR) is 417 cm³/mol. The molecule has 15 nitrogen and oxygen atoms in total. The van der Waals surface area contributed by atoms with E-state index in [0.29, 0.717) is 50.6 Å². The van der Waals surface area contributed by atoms with Crippen LogP contribution in [-0.2, 0) is 62.0 Å². The lowest BCUT2D eigenvalue weighted by Gasteiger charge is -2.16. The molecular formula is C84H128N2O13. The second kappa shape index (κ2) is 83.0. The molecule has 5 rings (SSSR count). The normalized spacial score (nSPS) is 10.3. The number of nitrogens with zero attached hydrogens (tertiary/aromatic N) is 2. The summed E-state index contributed by atoms with van der Waals surface area (Å²) in [6, 6.07) is 30.1. The number of carbonyl (C=O) groups is 8. The van der Waals surface area contributed by atoms with Crippen LogP contribution in [0.1, 0.15) is 209 Å². The number of amides is 3. The van der Waals surface area contributed by atoms with E-state index in [2.05, 4.69) is 89.5 Å². The highest BCUT2D eigenvalue weighted by atomic mass is 16.5. The summed E-state index contributed by atoms with van der Waals surface area (Å²) >= 11 is 0. The van der Waals surface area contributed by atoms with Crippen LogP contribution in [0.5, 0.6) is 0 Å². The van der Waals surface area contributed by atoms with Gasteiger partial charge >= 0.3 is 17.9 Å². The van der Waals surface area contributed by atoms with Gasteiger partial charge in [0, 0.05) is 56.4 Å². The van der Waals surface area contributed by atoms with Crippen molar-refractivity contribution in [3.63, 3.8) is 0 Å². The molecule has 3 aromatic rings. The molecular weight excluding hydrogens is 1240 g/mol. The number of unbranched alkanes of at least 4 members (excludes halogenated alkanes) is 11. The van der Waals surface area contributed by atoms with Crippen molar-refractivity contribution >= 4 is 65.4 Å². The number of hydrogen-bond acceptors (Lipinski definition) is 13. The van der Waals surface area contributed by atoms with Crippen LogP contribution in [0.2, 0.25) is 0 Å². The highest BCUT2D eigenvalue weighted by molar-refractivity contribution is 6.32. The van der Waals surface area contributed by atoms with Crippen molar-refractivity contribution in [3.8, 4) is 0 Å². The minimum atomic E-state index is -0.773. The molecule has 0 spiro atoms. The molecule has 0 saturated heterocycles. The third kappa shape index (κ3) is 72.9. The van der Waals surface area contributed by atoms with Crippen LogP contribution in [0, 0.1) is 0 Å². The van der Waals surface area contributed by atoms with E-state index in [1.165, 1.54) is 105 Å². The molecule has 0 saturated carbocycles. The van der Waals surface area contributed by atoms with Crippen molar-refractivity contribution in [2.24, 2.45) is 0 Å². The molecule has 0 atom stereocenters. The van der Waals surface area contributed by atoms with Crippen LogP contribution in [0.25, 0.3) is 18.2 Å². The summed E-state index contributed by atoms with van der Waals surface area (Å²) in [6.07, 6.45) is 35.5. The molecule has 2 aliphatic heterocycles. The number of rotatable bonds is 35. The van der Waals surface area contributed by atoms with Crippen LogP contribution in [0.15, 0.2) is 210 Å². The van der Waals surface area contributed by atoms with Crippen LogP contribution in [0.4, 0.5) is 0 Å². The van der Waals surface area contributed by atoms with Crippen LogP contribution in [0.3, 0.4) is 0 Å². The number of hydrogen-bond donors (Lipinski definition) is 0. The zero-order valence-electron chi connectivity index (χ0n) is 63.0. The van der Waals surface area contributed by atoms with Crippen LogP contribution < -0.4 is 0 Å². The highest BCUT2D eigenvalue weighted by Gasteiger charge is 2.22. The Morgan fingerprint density at radius 2 is 0.667 bits per heavy atom. The van der Waals surface area contributed by atoms with Crippen molar-refractivity contribution in [3.05, 3.63) is 227 Å². The van der Waals surface area contributed by atoms with Gasteiger partial charge in [0.1, 0.15) is 0 Å². The van der Waals surface area contributed by atoms with Gasteiger partial charge < -0.3 is 28.6 Å². The summed E-state index contributed by atoms with van der Waals surface area (Å²) in [7, 11) is 0. The molecule has 2 aliphatic rings. The zero-order valence-corrected chi connectivity index (χ0v) is 63.0. The van der Waals surface area contributed by atoms with Crippen molar-refractivity contribution < 1.29 is 62.0 Å². The fourth-order valence-corrected chi connectivity index (χ4v) is 6.69. The van der Waals surface area contributed by atoms with E-state index in [0.717, 1.165) is 70.8 Å². The maximum absolute atomic E-state index is 11.3. The second-order valence-electron chi connectivity index (χ2n) is 20.1. The summed E-state index contributed by atoms with van der Waals surface area (Å²) in [5.41, 5.74) is 4.64. The number of ketones is 2. The number of benzene rings is 3. The maximum Gasteiger partial charge on any atom is 0.374 e. The Hall–Kier alpha value is -9.24. The monoisotopic (exact) mass is 1370 g/mol. The van der Waals surface area contributed by atoms with Crippen molar-refractivity contribution in [1.29, 1.82) is 0 Å². The van der Waals surface area contributed by atoms with E-state index in [9.17, 15) is 38.4 Å². The lowest BCUT2D eigenvalue weighted by Crippen LogP contribution is -2.30. The van der Waals surface area contributed by atoms with Crippen molar-refractivity contribution in [2.45, 2.75) is 192 Å². The first-order valence-corrected chi connectivity index (χ1v) is 34.9. The third-order valence-corrected chi connectivity index (χ3v) is 12.0. The number of Topliss-reactive ketones (excluding diaryl/α,β-unsaturated/α-hetero) is 2. The molecule has 0 aliphatic carbocycles. The molecule has 0 radical (unpaired) electrons. The third-order valence-electron chi connectivity index (χ3n) is 12.0. The Morgan fingerprint density at radius 1 is 0.384 bits per heavy atom. The van der Waals surface area contributed by atoms with E-state index in [-0.39, 0.29) is 30.3 Å². The van der Waals surface area contributed by atoms with Gasteiger partial charge in [-0.05, 0) is 100 Å². The number of imide groups is 1. The maximum atomic E-state index is 11.3. The number of esters is 3. The van der Waals surface area contributed by atoms with Crippen molar-refractivity contribution in [2.75, 3.05) is 46.1 Å². The van der Waals surface area contributed by atoms with Crippen LogP contribution >= 0.6 is 0 Å². The van der Waals surface area contributed by atoms with E-state index in [4.69, 9.17) is 14.2 Å². The Bertz CT molecular complexity index is 2520. The molecule has 99 heavy (non-hydrogen) atoms. The van der Waals surface area contributed by atoms with Gasteiger partial charge in [0.2, 0.25) is 11.6 Å². The summed E-state index contributed by atoms with van der Waals surface area (Å²) in [5.74, 6) is -3.37. The second-order valence-corrected chi connectivity index (χ2v) is 20.1. The SMILES string of the molecule is C=C(C)C(=O)OCCCCN1C(=C)C=CC1=O.C=CCCCCC.C=CCCCCOC(=O)C(C)=O.C=COCCCCC.C=COCCCCOC(=O)C(C)=O.C=Cc1ccccc1.C=Cc1ccccc1.C=Cc1ccccc1.CC.CC.CC.CCCCCN1C(=O)C=CC1=O. The average Bonchev–Trinajstić information content (AvgIpc) is 1.81. The van der Waals surface area contributed by atoms with Gasteiger partial charge in [0.15, 0.2) is 0 Å². The molecule has 0 fully saturated rings. The van der Waals surface area contributed by atoms with E-state index in [1.54, 1.807) is 17.9 Å². The molecule has 0 unspecified atom stereocenters. The lowest BCUT2D eigenvalue weighted by atomic mass is 10.2. The van der Waals surface area contributed by atoms with E-state index in [1.807, 2.05) is 163 Å². The van der Waals surface area contributed by atoms with Crippen LogP contribution in [-0.4, -0.2) is 103 Å². The summed E-state index contributed by atoms with van der Waals surface area (Å²) < 4.78 is 23.9. The molecule has 15 heteroatoms. The smallest absolute Gasteiger partial charge is 0.374 e. The summed E-state index contributed by atoms with van der Waals surface area (Å²) in [5, 5.41) is 0. The molecule has 3 aromatic carbocycles. The first kappa shape index (κ1) is 103. The fraction of sp³-hybridized carbons (Fsp3) is 0.429. The number of allylic oxidation sites excluding steroid dienone is 3. The summed E-state index contributed by atoms with van der Waals surface area (Å²) in [4.78, 5) is 89.2. The zero-order chi connectivity index (χ0) is 76.6. The Morgan fingerprint density at radius 3 is 0.980 bits per heavy atom. The highest BCUT2D eigenvalue weighted by Crippen LogP contribution is 2.14. The lowest BCUT2D eigenvalue weighted by molar-refractivity contribution is -0.153. The standard InChI is InChI=1S/C13H17NO3.C9H13NO2.C9H14O4.C9H14O3.3C8H8.C7H14O.C7H14.3C2H6/c1-10(2)13(16)17-9-5-4-8-14-11(3)6-7-12(14)15;1-2-3-4-7-10-8(11)5-6-9(10)12;1-3-12-6-4-5-7-13-9(11)8(2)10;1-3-4-5-6-7-12-9(11)8(2)10;3*1-2-8-6-4-3-5-7-8;1-3-5-6-7-8-4-2;1-3-5-7-6-4-2;3*1-2/h6-7H,1,3-5,8-9H2,2H3;5-6H,2-4,7H2,1H3;3H,1,4-7H2,2H3;3H,1,4-7H2,2H3;3*2-7H,1H2;4H,2-3,5-7H2,1H3;3H,1,4-7H2,2H3;3*1-2H3. The minimum absolute atomic E-state index is 0.0334. The van der Waals surface area contributed by atoms with Gasteiger partial charge in [-0.1, -0.05) is 268 Å². The van der Waals surface area contributed by atoms with Gasteiger partial charge in [-0.25, -0.2) is 14.4 Å². The van der Waals surface area contributed by atoms with Crippen molar-refractivity contribution in [1.82, 2.24) is 9.80 Å². The van der Waals surface area contributed by atoms with Gasteiger partial charge in [-0.3, -0.25) is 28.9 Å². The average molecular weight is 1370 g/mol. The van der Waals surface area contributed by atoms with Gasteiger partial charge in [0.05, 0.1) is 45.6 Å². The number of ether oxygens (including phenoxy) is 5. The van der Waals surface area contributed by atoms with E-state index < -0.39 is 23.5 Å².